The van der Waals surface area contributed by atoms with Crippen molar-refractivity contribution in [3.8, 4) is 39.3 Å². The van der Waals surface area contributed by atoms with Crippen molar-refractivity contribution in [2.45, 2.75) is 72.1 Å². The molecule has 4 heteroatoms. The number of aryl methyl sites for hydroxylation is 1. The highest BCUT2D eigenvalue weighted by atomic mass is 32.1. The molecule has 0 radical (unpaired) electrons. The van der Waals surface area contributed by atoms with Crippen molar-refractivity contribution < 1.29 is 0 Å². The Morgan fingerprint density at radius 3 is 1.76 bits per heavy atom. The molecule has 16 rings (SSSR count). The van der Waals surface area contributed by atoms with E-state index in [1.54, 1.807) is 12.3 Å². The van der Waals surface area contributed by atoms with Gasteiger partial charge in [0.2, 0.25) is 0 Å². The molecule has 3 nitrogen and oxygen atoms in total. The van der Waals surface area contributed by atoms with Gasteiger partial charge < -0.3 is 13.7 Å². The number of rotatable bonds is 5. The molecule has 4 aliphatic rings. The lowest BCUT2D eigenvalue weighted by Gasteiger charge is -2.17. The van der Waals surface area contributed by atoms with E-state index in [9.17, 15) is 0 Å². The molecule has 3 heterocycles. The van der Waals surface area contributed by atoms with Crippen LogP contribution >= 0.6 is 12.6 Å². The summed E-state index contributed by atoms with van der Waals surface area (Å²) in [4.78, 5) is 0. The highest BCUT2D eigenvalue weighted by molar-refractivity contribution is 7.79. The standard InChI is InChI=1S/C30H22N2.C29H21N.C12H14.C8H12.CH4S/c1-2-10-21(11-3-1)31-27-15-7-6-14-25(27)26-19-18-22(20-30(26)31)32-28-16-8-4-12-23(28)24-13-5-9-17-29(24)32;1-18-13-15-28-25(17-18)21-9-4-5-12-26(21)30(28)27-16-14-23-20-8-3-2-7-19(20)22-10-6-11-24(27)29(22)23;1-9-8-12(2,3)11-7-5-4-6-10(9)11;1-4-5-6-7-8(2)3;1-2/h1-8,10-16,18-20H,9,17H2;2-4,6-11,13-17H,5,12H2,1H3;4-7H,1,8H2,2-3H3;4-7H,1H2,2-3H3;2H,1H3/b;;;6-5-;. The van der Waals surface area contributed by atoms with Gasteiger partial charge in [0, 0.05) is 60.8 Å². The van der Waals surface area contributed by atoms with E-state index in [0.717, 1.165) is 32.1 Å². The summed E-state index contributed by atoms with van der Waals surface area (Å²) >= 11 is 3.53. The summed E-state index contributed by atoms with van der Waals surface area (Å²) in [5.41, 5.74) is 26.9. The first-order valence-electron chi connectivity index (χ1n) is 29.6. The van der Waals surface area contributed by atoms with Crippen LogP contribution in [0.5, 0.6) is 0 Å². The number of benzene rings is 9. The molecule has 0 atom stereocenters. The van der Waals surface area contributed by atoms with E-state index in [-0.39, 0.29) is 0 Å². The van der Waals surface area contributed by atoms with Crippen molar-refractivity contribution in [2.75, 3.05) is 6.26 Å². The number of allylic oxidation sites excluding steroid dienone is 8. The van der Waals surface area contributed by atoms with Crippen LogP contribution in [0, 0.1) is 6.92 Å². The first-order valence-corrected chi connectivity index (χ1v) is 30.5. The third-order valence-corrected chi connectivity index (χ3v) is 17.0. The SMILES string of the molecule is C1=Cc2c(n(-c3ccc4c5ccccc5n(-c5ccccc5)c4c3)c3ccccc23)CC1.C=C/C=C\C=C(C)C.C=C1CC(C)(C)c2ccccc21.CS.Cc1ccc2c(c1)c1c(n2-c2ccc3c4c(cccc24)-c2ccccc2-3)CCC=C1. The Labute approximate surface area is 501 Å². The van der Waals surface area contributed by atoms with Crippen molar-refractivity contribution in [3.05, 3.63) is 289 Å². The van der Waals surface area contributed by atoms with Gasteiger partial charge in [-0.2, -0.15) is 12.6 Å². The van der Waals surface area contributed by atoms with Crippen molar-refractivity contribution in [1.29, 1.82) is 0 Å². The fourth-order valence-electron chi connectivity index (χ4n) is 13.5. The Hall–Kier alpha value is -9.09. The maximum absolute atomic E-state index is 4.09. The van der Waals surface area contributed by atoms with Gasteiger partial charge in [0.05, 0.1) is 27.8 Å². The lowest BCUT2D eigenvalue weighted by molar-refractivity contribution is 0.563. The van der Waals surface area contributed by atoms with E-state index in [1.807, 2.05) is 18.2 Å². The molecule has 9 aromatic carbocycles. The molecule has 414 valence electrons. The molecule has 4 aliphatic carbocycles. The molecule has 84 heavy (non-hydrogen) atoms. The molecule has 12 aromatic rings. The summed E-state index contributed by atoms with van der Waals surface area (Å²) in [6.45, 7) is 18.5. The fraction of sp³-hybridized carbons (Fsp3) is 0.150. The summed E-state index contributed by atoms with van der Waals surface area (Å²) in [5, 5.41) is 8.02. The summed E-state index contributed by atoms with van der Waals surface area (Å²) in [6.07, 6.45) is 24.1. The van der Waals surface area contributed by atoms with Crippen LogP contribution in [0.2, 0.25) is 0 Å². The Kier molecular flexibility index (Phi) is 15.6. The van der Waals surface area contributed by atoms with Gasteiger partial charge in [-0.05, 0) is 163 Å². The molecule has 0 bridgehead atoms. The number of hydrogen-bond acceptors (Lipinski definition) is 1. The van der Waals surface area contributed by atoms with Gasteiger partial charge in [0.25, 0.3) is 0 Å². The zero-order valence-electron chi connectivity index (χ0n) is 49.3. The minimum atomic E-state index is 0.299. The maximum Gasteiger partial charge on any atom is 0.0561 e. The van der Waals surface area contributed by atoms with Gasteiger partial charge in [-0.1, -0.05) is 226 Å². The fourth-order valence-corrected chi connectivity index (χ4v) is 13.5. The molecule has 0 spiro atoms. The number of fused-ring (bicyclic) bond motifs is 13. The second kappa shape index (κ2) is 23.6. The summed E-state index contributed by atoms with van der Waals surface area (Å²) in [5.74, 6) is 0. The first-order chi connectivity index (χ1) is 41.1. The van der Waals surface area contributed by atoms with Crippen LogP contribution in [-0.4, -0.2) is 20.0 Å². The second-order valence-electron chi connectivity index (χ2n) is 23.2. The lowest BCUT2D eigenvalue weighted by Crippen LogP contribution is -2.11. The van der Waals surface area contributed by atoms with Crippen LogP contribution in [0.25, 0.3) is 111 Å². The number of thiol groups is 1. The highest BCUT2D eigenvalue weighted by Crippen LogP contribution is 2.50. The largest absolute Gasteiger partial charge is 0.313 e. The number of para-hydroxylation sites is 3. The van der Waals surface area contributed by atoms with Crippen molar-refractivity contribution in [3.63, 3.8) is 0 Å². The van der Waals surface area contributed by atoms with E-state index in [4.69, 9.17) is 0 Å². The zero-order valence-corrected chi connectivity index (χ0v) is 50.2. The number of nitrogens with zero attached hydrogens (tertiary/aromatic N) is 3. The molecule has 0 N–H and O–H groups in total. The van der Waals surface area contributed by atoms with Gasteiger partial charge in [0.1, 0.15) is 0 Å². The Balaban J connectivity index is 0.000000123. The minimum absolute atomic E-state index is 0.299. The van der Waals surface area contributed by atoms with Gasteiger partial charge >= 0.3 is 0 Å². The van der Waals surface area contributed by atoms with E-state index < -0.39 is 0 Å². The molecule has 0 saturated carbocycles. The van der Waals surface area contributed by atoms with Crippen molar-refractivity contribution >= 4 is 84.7 Å². The molecular formula is C80H73N3S. The van der Waals surface area contributed by atoms with Gasteiger partial charge in [-0.15, -0.1) is 0 Å². The normalized spacial score (nSPS) is 13.7. The Morgan fingerprint density at radius 2 is 1.06 bits per heavy atom. The van der Waals surface area contributed by atoms with Gasteiger partial charge in [0.15, 0.2) is 0 Å². The predicted molar refractivity (Wildman–Crippen MR) is 369 cm³/mol. The van der Waals surface area contributed by atoms with Crippen molar-refractivity contribution in [1.82, 2.24) is 13.7 Å². The van der Waals surface area contributed by atoms with Crippen LogP contribution in [0.4, 0.5) is 0 Å². The average Bonchev–Trinajstić information content (AvgIpc) is 2.16. The lowest BCUT2D eigenvalue weighted by atomic mass is 9.87. The van der Waals surface area contributed by atoms with Gasteiger partial charge in [-0.3, -0.25) is 0 Å². The molecule has 0 saturated heterocycles. The van der Waals surface area contributed by atoms with Crippen LogP contribution in [0.3, 0.4) is 0 Å². The quantitative estimate of drug-likeness (QED) is 0.130. The zero-order chi connectivity index (χ0) is 58.1. The van der Waals surface area contributed by atoms with Gasteiger partial charge in [-0.25, -0.2) is 0 Å². The van der Waals surface area contributed by atoms with Crippen LogP contribution in [-0.2, 0) is 18.3 Å². The first kappa shape index (κ1) is 55.4. The Morgan fingerprint density at radius 1 is 0.488 bits per heavy atom. The van der Waals surface area contributed by atoms with Crippen LogP contribution in [0.1, 0.15) is 86.2 Å². The average molecular weight is 1110 g/mol. The van der Waals surface area contributed by atoms with Crippen molar-refractivity contribution in [2.24, 2.45) is 0 Å². The summed E-state index contributed by atoms with van der Waals surface area (Å²) in [7, 11) is 0. The predicted octanol–water partition coefficient (Wildman–Crippen LogP) is 22.0. The van der Waals surface area contributed by atoms with Crippen LogP contribution in [0.15, 0.2) is 249 Å². The molecule has 3 aromatic heterocycles. The monoisotopic (exact) mass is 1110 g/mol. The van der Waals surface area contributed by atoms with E-state index >= 15 is 0 Å². The highest BCUT2D eigenvalue weighted by Gasteiger charge is 2.31. The third kappa shape index (κ3) is 10.0. The smallest absolute Gasteiger partial charge is 0.0561 e. The van der Waals surface area contributed by atoms with E-state index in [2.05, 4.69) is 293 Å². The maximum atomic E-state index is 4.09. The van der Waals surface area contributed by atoms with E-state index in [1.165, 1.54) is 144 Å². The minimum Gasteiger partial charge on any atom is -0.313 e. The molecule has 0 fully saturated rings. The van der Waals surface area contributed by atoms with Crippen LogP contribution < -0.4 is 0 Å². The Bertz CT molecular complexity index is 4600. The topological polar surface area (TPSA) is 14.8 Å². The van der Waals surface area contributed by atoms with E-state index in [0.29, 0.717) is 5.41 Å². The molecule has 0 amide bonds. The molecular weight excluding hydrogens is 1030 g/mol. The molecule has 0 unspecified atom stereocenters. The number of aromatic nitrogens is 3. The summed E-state index contributed by atoms with van der Waals surface area (Å²) < 4.78 is 7.40. The molecule has 0 aliphatic heterocycles. The number of hydrogen-bond donors (Lipinski definition) is 1. The third-order valence-electron chi connectivity index (χ3n) is 17.0. The second-order valence-corrected chi connectivity index (χ2v) is 23.2. The summed E-state index contributed by atoms with van der Waals surface area (Å²) in [6, 6.07) is 70.9.